The Kier molecular flexibility index (Phi) is 2.80. The summed E-state index contributed by atoms with van der Waals surface area (Å²) in [5.74, 6) is -3.83. The highest BCUT2D eigenvalue weighted by Crippen LogP contribution is 2.36. The van der Waals surface area contributed by atoms with Gasteiger partial charge in [0.15, 0.2) is 0 Å². The van der Waals surface area contributed by atoms with Crippen LogP contribution in [-0.2, 0) is 6.18 Å². The van der Waals surface area contributed by atoms with Crippen molar-refractivity contribution in [1.29, 1.82) is 0 Å². The van der Waals surface area contributed by atoms with Gasteiger partial charge in [-0.05, 0) is 12.1 Å². The molecule has 0 aliphatic heterocycles. The quantitative estimate of drug-likeness (QED) is 0.785. The number of carboxylic acids is 1. The van der Waals surface area contributed by atoms with E-state index in [0.29, 0.717) is 12.3 Å². The summed E-state index contributed by atoms with van der Waals surface area (Å²) >= 11 is 0. The van der Waals surface area contributed by atoms with Gasteiger partial charge in [0, 0.05) is 11.6 Å². The lowest BCUT2D eigenvalue weighted by atomic mass is 10.1. The van der Waals surface area contributed by atoms with Crippen LogP contribution in [0.15, 0.2) is 18.3 Å². The van der Waals surface area contributed by atoms with E-state index in [9.17, 15) is 27.5 Å². The van der Waals surface area contributed by atoms with Gasteiger partial charge in [0.25, 0.3) is 0 Å². The van der Waals surface area contributed by atoms with Crippen LogP contribution in [0.25, 0.3) is 10.9 Å². The molecule has 100 valence electrons. The summed E-state index contributed by atoms with van der Waals surface area (Å²) in [7, 11) is 0. The molecule has 0 radical (unpaired) electrons. The van der Waals surface area contributed by atoms with Gasteiger partial charge in [-0.1, -0.05) is 0 Å². The number of nitrogens with zero attached hydrogens (tertiary/aromatic N) is 1. The number of halogens is 4. The van der Waals surface area contributed by atoms with Gasteiger partial charge in [0.2, 0.25) is 0 Å². The van der Waals surface area contributed by atoms with Gasteiger partial charge < -0.3 is 10.2 Å². The Morgan fingerprint density at radius 2 is 1.89 bits per heavy atom. The standard InChI is InChI=1S/C11H5F4NO3/c12-7-2-4(11(13,14)15)1-5-8(7)16-3-6(9(5)17)10(18)19/h1-3H,(H,16,17)(H,18,19). The number of carbonyl (C=O) groups is 1. The number of aromatic hydroxyl groups is 1. The molecule has 0 fully saturated rings. The van der Waals surface area contributed by atoms with Gasteiger partial charge in [0.05, 0.1) is 5.56 Å². The predicted molar refractivity (Wildman–Crippen MR) is 55.3 cm³/mol. The van der Waals surface area contributed by atoms with E-state index in [1.807, 2.05) is 0 Å². The summed E-state index contributed by atoms with van der Waals surface area (Å²) < 4.78 is 51.0. The summed E-state index contributed by atoms with van der Waals surface area (Å²) in [5, 5.41) is 17.7. The molecule has 0 aliphatic carbocycles. The third-order valence-corrected chi connectivity index (χ3v) is 2.45. The second-order valence-corrected chi connectivity index (χ2v) is 3.68. The third kappa shape index (κ3) is 2.16. The van der Waals surface area contributed by atoms with Crippen molar-refractivity contribution >= 4 is 16.9 Å². The summed E-state index contributed by atoms with van der Waals surface area (Å²) in [4.78, 5) is 14.1. The molecule has 2 rings (SSSR count). The first-order valence-corrected chi connectivity index (χ1v) is 4.83. The fourth-order valence-corrected chi connectivity index (χ4v) is 1.57. The van der Waals surface area contributed by atoms with Crippen LogP contribution in [0.3, 0.4) is 0 Å². The maximum absolute atomic E-state index is 13.5. The lowest BCUT2D eigenvalue weighted by Crippen LogP contribution is -2.06. The molecule has 8 heteroatoms. The van der Waals surface area contributed by atoms with Crippen LogP contribution < -0.4 is 0 Å². The number of pyridine rings is 1. The predicted octanol–water partition coefficient (Wildman–Crippen LogP) is 2.80. The van der Waals surface area contributed by atoms with E-state index in [0.717, 1.165) is 0 Å². The number of alkyl halides is 3. The Hall–Kier alpha value is -2.38. The molecule has 0 aliphatic rings. The highest BCUT2D eigenvalue weighted by atomic mass is 19.4. The summed E-state index contributed by atoms with van der Waals surface area (Å²) in [6, 6.07) is 0.683. The molecule has 0 amide bonds. The Labute approximate surface area is 102 Å². The van der Waals surface area contributed by atoms with E-state index in [4.69, 9.17) is 5.11 Å². The van der Waals surface area contributed by atoms with Crippen LogP contribution in [0, 0.1) is 5.82 Å². The second kappa shape index (κ2) is 4.08. The first kappa shape index (κ1) is 13.1. The molecular formula is C11H5F4NO3. The van der Waals surface area contributed by atoms with E-state index in [-0.39, 0.29) is 6.07 Å². The Bertz CT molecular complexity index is 682. The number of aromatic carboxylic acids is 1. The van der Waals surface area contributed by atoms with Gasteiger partial charge >= 0.3 is 12.1 Å². The highest BCUT2D eigenvalue weighted by molar-refractivity contribution is 5.98. The van der Waals surface area contributed by atoms with Crippen LogP contribution in [0.2, 0.25) is 0 Å². The molecule has 1 aromatic carbocycles. The molecule has 2 N–H and O–H groups in total. The van der Waals surface area contributed by atoms with E-state index in [1.165, 1.54) is 0 Å². The zero-order chi connectivity index (χ0) is 14.4. The van der Waals surface area contributed by atoms with Crippen LogP contribution in [0.1, 0.15) is 15.9 Å². The Morgan fingerprint density at radius 3 is 2.42 bits per heavy atom. The largest absolute Gasteiger partial charge is 0.506 e. The topological polar surface area (TPSA) is 70.4 Å². The van der Waals surface area contributed by atoms with Crippen molar-refractivity contribution in [3.8, 4) is 5.75 Å². The summed E-state index contributed by atoms with van der Waals surface area (Å²) in [6.45, 7) is 0. The lowest BCUT2D eigenvalue weighted by molar-refractivity contribution is -0.137. The van der Waals surface area contributed by atoms with Gasteiger partial charge in [-0.3, -0.25) is 4.98 Å². The molecule has 0 saturated heterocycles. The number of hydrogen-bond donors (Lipinski definition) is 2. The summed E-state index contributed by atoms with van der Waals surface area (Å²) in [5.41, 5.74) is -2.57. The zero-order valence-electron chi connectivity index (χ0n) is 8.99. The average Bonchev–Trinajstić information content (AvgIpc) is 2.28. The van der Waals surface area contributed by atoms with Crippen LogP contribution in [-0.4, -0.2) is 21.2 Å². The van der Waals surface area contributed by atoms with Gasteiger partial charge in [-0.15, -0.1) is 0 Å². The lowest BCUT2D eigenvalue weighted by Gasteiger charge is -2.10. The molecule has 4 nitrogen and oxygen atoms in total. The van der Waals surface area contributed by atoms with Gasteiger partial charge in [-0.2, -0.15) is 13.2 Å². The average molecular weight is 275 g/mol. The fourth-order valence-electron chi connectivity index (χ4n) is 1.57. The Balaban J connectivity index is 2.84. The first-order chi connectivity index (χ1) is 8.71. The molecule has 0 saturated carbocycles. The van der Waals surface area contributed by atoms with Crippen LogP contribution >= 0.6 is 0 Å². The maximum Gasteiger partial charge on any atom is 0.416 e. The van der Waals surface area contributed by atoms with E-state index in [1.54, 1.807) is 0 Å². The molecule has 1 aromatic heterocycles. The van der Waals surface area contributed by atoms with E-state index in [2.05, 4.69) is 4.98 Å². The maximum atomic E-state index is 13.5. The fraction of sp³-hybridized carbons (Fsp3) is 0.0909. The second-order valence-electron chi connectivity index (χ2n) is 3.68. The molecule has 1 heterocycles. The van der Waals surface area contributed by atoms with Crippen molar-refractivity contribution in [2.24, 2.45) is 0 Å². The first-order valence-electron chi connectivity index (χ1n) is 4.83. The number of fused-ring (bicyclic) bond motifs is 1. The van der Waals surface area contributed by atoms with Gasteiger partial charge in [0.1, 0.15) is 22.6 Å². The molecular weight excluding hydrogens is 270 g/mol. The van der Waals surface area contributed by atoms with Crippen molar-refractivity contribution in [3.05, 3.63) is 35.3 Å². The van der Waals surface area contributed by atoms with Crippen LogP contribution in [0.4, 0.5) is 17.6 Å². The highest BCUT2D eigenvalue weighted by Gasteiger charge is 2.32. The van der Waals surface area contributed by atoms with Crippen LogP contribution in [0.5, 0.6) is 5.75 Å². The minimum atomic E-state index is -4.82. The van der Waals surface area contributed by atoms with Crippen molar-refractivity contribution in [2.75, 3.05) is 0 Å². The van der Waals surface area contributed by atoms with Crippen molar-refractivity contribution in [3.63, 3.8) is 0 Å². The van der Waals surface area contributed by atoms with Crippen molar-refractivity contribution in [2.45, 2.75) is 6.18 Å². The number of benzene rings is 1. The number of rotatable bonds is 1. The molecule has 2 aromatic rings. The van der Waals surface area contributed by atoms with Crippen molar-refractivity contribution in [1.82, 2.24) is 4.98 Å². The molecule has 0 bridgehead atoms. The van der Waals surface area contributed by atoms with E-state index >= 15 is 0 Å². The monoisotopic (exact) mass is 275 g/mol. The molecule has 19 heavy (non-hydrogen) atoms. The SMILES string of the molecule is O=C(O)c1cnc2c(F)cc(C(F)(F)F)cc2c1O. The zero-order valence-corrected chi connectivity index (χ0v) is 8.99. The minimum absolute atomic E-state index is 0.231. The molecule has 0 spiro atoms. The molecule has 0 unspecified atom stereocenters. The Morgan fingerprint density at radius 1 is 1.26 bits per heavy atom. The normalized spacial score (nSPS) is 11.8. The van der Waals surface area contributed by atoms with Gasteiger partial charge in [-0.25, -0.2) is 9.18 Å². The number of carboxylic acid groups (broad SMARTS) is 1. The molecule has 0 atom stereocenters. The minimum Gasteiger partial charge on any atom is -0.506 e. The van der Waals surface area contributed by atoms with Crippen molar-refractivity contribution < 1.29 is 32.6 Å². The number of hydrogen-bond acceptors (Lipinski definition) is 3. The third-order valence-electron chi connectivity index (χ3n) is 2.45. The summed E-state index contributed by atoms with van der Waals surface area (Å²) in [6.07, 6.45) is -4.14. The van der Waals surface area contributed by atoms with E-state index < -0.39 is 45.7 Å². The number of aromatic nitrogens is 1. The smallest absolute Gasteiger partial charge is 0.416 e.